The van der Waals surface area contributed by atoms with Crippen LogP contribution in [0.25, 0.3) is 0 Å². The van der Waals surface area contributed by atoms with Gasteiger partial charge in [-0.3, -0.25) is 9.80 Å². The molecule has 1 heterocycles. The van der Waals surface area contributed by atoms with Gasteiger partial charge in [-0.25, -0.2) is 0 Å². The first-order valence-electron chi connectivity index (χ1n) is 9.96. The summed E-state index contributed by atoms with van der Waals surface area (Å²) < 4.78 is 68.8. The van der Waals surface area contributed by atoms with E-state index >= 15 is 0 Å². The first kappa shape index (κ1) is 25.0. The number of aryl methyl sites for hydroxylation is 1. The topological polar surface area (TPSA) is 109 Å². The molecule has 0 amide bonds. The van der Waals surface area contributed by atoms with E-state index in [0.717, 1.165) is 11.1 Å². The molecule has 34 heavy (non-hydrogen) atoms. The lowest BCUT2D eigenvalue weighted by atomic mass is 10.00. The fourth-order valence-corrected chi connectivity index (χ4v) is 3.86. The van der Waals surface area contributed by atoms with Crippen molar-refractivity contribution in [2.45, 2.75) is 37.7 Å². The summed E-state index contributed by atoms with van der Waals surface area (Å²) in [6.07, 6.45) is 0.826. The van der Waals surface area contributed by atoms with E-state index < -0.39 is 27.3 Å². The van der Waals surface area contributed by atoms with Crippen LogP contribution in [-0.4, -0.2) is 38.8 Å². The Balaban J connectivity index is 1.74. The summed E-state index contributed by atoms with van der Waals surface area (Å²) in [5.74, 6) is -0.835. The second-order valence-electron chi connectivity index (χ2n) is 7.56. The predicted octanol–water partition coefficient (Wildman–Crippen LogP) is 3.84. The van der Waals surface area contributed by atoms with E-state index in [2.05, 4.69) is 9.28 Å². The van der Waals surface area contributed by atoms with Crippen LogP contribution >= 0.6 is 0 Å². The van der Waals surface area contributed by atoms with Crippen molar-refractivity contribution in [3.8, 4) is 11.8 Å². The maximum atomic E-state index is 12.5. The smallest absolute Gasteiger partial charge is 0.469 e. The molecule has 8 nitrogen and oxygen atoms in total. The van der Waals surface area contributed by atoms with Crippen LogP contribution in [0.5, 0.6) is 5.75 Å². The standard InChI is InChI=1S/C22H20F3N3O5S/c1-14-9-20(33-34(30,31)22(23,24)25)8-5-16(14)10-15-3-6-18(7-4-15)28-19(12-21(29)32-2)11-17(13-26)27-28/h3-9,19H,10-12H2,1-2H3. The number of hydrogen-bond acceptors (Lipinski definition) is 8. The normalized spacial score (nSPS) is 16.1. The van der Waals surface area contributed by atoms with Gasteiger partial charge in [0.15, 0.2) is 0 Å². The minimum Gasteiger partial charge on any atom is -0.469 e. The molecule has 0 aliphatic carbocycles. The molecular weight excluding hydrogens is 475 g/mol. The third-order valence-electron chi connectivity index (χ3n) is 5.16. The molecule has 0 bridgehead atoms. The van der Waals surface area contributed by atoms with Gasteiger partial charge in [0.05, 0.1) is 25.3 Å². The van der Waals surface area contributed by atoms with Crippen molar-refractivity contribution in [2.75, 3.05) is 12.1 Å². The summed E-state index contributed by atoms with van der Waals surface area (Å²) in [5, 5.41) is 15.1. The molecule has 0 fully saturated rings. The third kappa shape index (κ3) is 5.66. The van der Waals surface area contributed by atoms with Gasteiger partial charge in [0.1, 0.15) is 17.5 Å². The van der Waals surface area contributed by atoms with Gasteiger partial charge in [-0.15, -0.1) is 0 Å². The number of anilines is 1. The minimum absolute atomic E-state index is 0.0740. The van der Waals surface area contributed by atoms with Crippen LogP contribution < -0.4 is 9.19 Å². The molecule has 1 aliphatic heterocycles. The molecule has 0 aromatic heterocycles. The Morgan fingerprint density at radius 3 is 2.47 bits per heavy atom. The molecule has 3 rings (SSSR count). The minimum atomic E-state index is -5.74. The average Bonchev–Trinajstić information content (AvgIpc) is 3.17. The second kappa shape index (κ2) is 9.72. The molecule has 0 N–H and O–H groups in total. The molecule has 0 saturated heterocycles. The van der Waals surface area contributed by atoms with Crippen LogP contribution in [-0.2, 0) is 26.1 Å². The Morgan fingerprint density at radius 1 is 1.24 bits per heavy atom. The zero-order valence-corrected chi connectivity index (χ0v) is 19.0. The van der Waals surface area contributed by atoms with Gasteiger partial charge in [0.25, 0.3) is 0 Å². The first-order chi connectivity index (χ1) is 15.9. The molecule has 1 aliphatic rings. The summed E-state index contributed by atoms with van der Waals surface area (Å²) in [7, 11) is -4.45. The number of carbonyl (C=O) groups excluding carboxylic acids is 1. The van der Waals surface area contributed by atoms with E-state index in [1.807, 2.05) is 18.2 Å². The SMILES string of the molecule is COC(=O)CC1CC(C#N)=NN1c1ccc(Cc2ccc(OS(=O)(=O)C(F)(F)F)cc2C)cc1. The molecular formula is C22H20F3N3O5S. The number of nitriles is 1. The molecule has 1 unspecified atom stereocenters. The van der Waals surface area contributed by atoms with Crippen molar-refractivity contribution in [3.05, 3.63) is 59.2 Å². The van der Waals surface area contributed by atoms with Gasteiger partial charge >= 0.3 is 21.6 Å². The summed E-state index contributed by atoms with van der Waals surface area (Å²) in [5.41, 5.74) is -2.33. The van der Waals surface area contributed by atoms with E-state index in [1.54, 1.807) is 24.1 Å². The molecule has 180 valence electrons. The summed E-state index contributed by atoms with van der Waals surface area (Å²) in [6.45, 7) is 1.64. The lowest BCUT2D eigenvalue weighted by Crippen LogP contribution is -2.29. The Hall–Kier alpha value is -3.59. The van der Waals surface area contributed by atoms with E-state index in [4.69, 9.17) is 4.74 Å². The van der Waals surface area contributed by atoms with Crippen LogP contribution in [0.2, 0.25) is 0 Å². The average molecular weight is 495 g/mol. The highest BCUT2D eigenvalue weighted by Gasteiger charge is 2.48. The monoisotopic (exact) mass is 495 g/mol. The molecule has 2 aromatic rings. The van der Waals surface area contributed by atoms with Crippen molar-refractivity contribution in [1.82, 2.24) is 0 Å². The number of carbonyl (C=O) groups is 1. The first-order valence-corrected chi connectivity index (χ1v) is 11.4. The van der Waals surface area contributed by atoms with Crippen molar-refractivity contribution in [1.29, 1.82) is 5.26 Å². The summed E-state index contributed by atoms with van der Waals surface area (Å²) >= 11 is 0. The lowest BCUT2D eigenvalue weighted by Gasteiger charge is -2.22. The number of methoxy groups -OCH3 is 1. The lowest BCUT2D eigenvalue weighted by molar-refractivity contribution is -0.140. The highest BCUT2D eigenvalue weighted by atomic mass is 32.2. The third-order valence-corrected chi connectivity index (χ3v) is 6.14. The number of esters is 1. The van der Waals surface area contributed by atoms with Crippen LogP contribution in [0, 0.1) is 18.3 Å². The summed E-state index contributed by atoms with van der Waals surface area (Å²) in [6, 6.07) is 12.8. The fraction of sp³-hybridized carbons (Fsp3) is 0.318. The van der Waals surface area contributed by atoms with Gasteiger partial charge in [-0.1, -0.05) is 18.2 Å². The number of benzene rings is 2. The van der Waals surface area contributed by atoms with E-state index in [-0.39, 0.29) is 12.5 Å². The van der Waals surface area contributed by atoms with Crippen molar-refractivity contribution >= 4 is 27.5 Å². The van der Waals surface area contributed by atoms with Crippen LogP contribution in [0.3, 0.4) is 0 Å². The highest BCUT2D eigenvalue weighted by Crippen LogP contribution is 2.30. The molecule has 1 atom stereocenters. The number of hydrogen-bond donors (Lipinski definition) is 0. The Bertz CT molecular complexity index is 1250. The fourth-order valence-electron chi connectivity index (χ4n) is 3.41. The van der Waals surface area contributed by atoms with E-state index in [1.165, 1.54) is 25.3 Å². The van der Waals surface area contributed by atoms with Gasteiger partial charge in [-0.2, -0.15) is 32.0 Å². The number of rotatable bonds is 7. The maximum Gasteiger partial charge on any atom is 0.534 e. The number of hydrazone groups is 1. The predicted molar refractivity (Wildman–Crippen MR) is 117 cm³/mol. The Labute approximate surface area is 194 Å². The van der Waals surface area contributed by atoms with Gasteiger partial charge in [0, 0.05) is 6.42 Å². The molecule has 0 spiro atoms. The van der Waals surface area contributed by atoms with E-state index in [9.17, 15) is 31.6 Å². The number of ether oxygens (including phenoxy) is 1. The molecule has 12 heteroatoms. The molecule has 0 radical (unpaired) electrons. The Kier molecular flexibility index (Phi) is 7.16. The van der Waals surface area contributed by atoms with Gasteiger partial charge in [-0.05, 0) is 54.3 Å². The molecule has 2 aromatic carbocycles. The van der Waals surface area contributed by atoms with Gasteiger partial charge < -0.3 is 8.92 Å². The number of alkyl halides is 3. The van der Waals surface area contributed by atoms with Crippen molar-refractivity contribution < 1.29 is 35.3 Å². The number of nitrogens with zero attached hydrogens (tertiary/aromatic N) is 3. The Morgan fingerprint density at radius 2 is 1.91 bits per heavy atom. The maximum absolute atomic E-state index is 12.5. The zero-order valence-electron chi connectivity index (χ0n) is 18.2. The largest absolute Gasteiger partial charge is 0.534 e. The van der Waals surface area contributed by atoms with Crippen molar-refractivity contribution in [2.24, 2.45) is 5.10 Å². The quantitative estimate of drug-likeness (QED) is 0.326. The number of halogens is 3. The van der Waals surface area contributed by atoms with Crippen LogP contribution in [0.4, 0.5) is 18.9 Å². The highest BCUT2D eigenvalue weighted by molar-refractivity contribution is 7.88. The second-order valence-corrected chi connectivity index (χ2v) is 9.09. The summed E-state index contributed by atoms with van der Waals surface area (Å²) in [4.78, 5) is 11.7. The van der Waals surface area contributed by atoms with Crippen LogP contribution in [0.15, 0.2) is 47.6 Å². The van der Waals surface area contributed by atoms with Gasteiger partial charge in [0.2, 0.25) is 0 Å². The zero-order chi connectivity index (χ0) is 25.1. The molecule has 0 saturated carbocycles. The van der Waals surface area contributed by atoms with E-state index in [0.29, 0.717) is 29.8 Å². The van der Waals surface area contributed by atoms with Crippen LogP contribution in [0.1, 0.15) is 29.5 Å². The van der Waals surface area contributed by atoms with Crippen molar-refractivity contribution in [3.63, 3.8) is 0 Å².